The first-order valence-corrected chi connectivity index (χ1v) is 34.2. The molecule has 103 heavy (non-hydrogen) atoms. The van der Waals surface area contributed by atoms with Crippen LogP contribution < -0.4 is 113 Å². The predicted octanol–water partition coefficient (Wildman–Crippen LogP) is -7.14. The highest BCUT2D eigenvalue weighted by molar-refractivity contribution is 6.00. The average Bonchev–Trinajstić information content (AvgIpc) is 0.887. The Morgan fingerprint density at radius 3 is 0.718 bits per heavy atom. The topological polar surface area (TPSA) is 610 Å². The van der Waals surface area contributed by atoms with Crippen LogP contribution in [-0.4, -0.2) is 217 Å². The van der Waals surface area contributed by atoms with Crippen molar-refractivity contribution >= 4 is 100 Å². The van der Waals surface area contributed by atoms with Crippen LogP contribution in [0.1, 0.15) is 153 Å². The van der Waals surface area contributed by atoms with Crippen molar-refractivity contribution in [2.24, 2.45) is 28.7 Å². The van der Waals surface area contributed by atoms with Crippen molar-refractivity contribution in [2.45, 2.75) is 251 Å². The second-order valence-electron chi connectivity index (χ2n) is 25.3. The van der Waals surface area contributed by atoms with Gasteiger partial charge in [0, 0.05) is 6.92 Å². The van der Waals surface area contributed by atoms with Gasteiger partial charge in [-0.3, -0.25) is 81.5 Å². The molecule has 0 saturated carbocycles. The maximum atomic E-state index is 13.6. The molecule has 0 bridgehead atoms. The maximum absolute atomic E-state index is 13.6. The van der Waals surface area contributed by atoms with E-state index in [4.69, 9.17) is 33.4 Å². The highest BCUT2D eigenvalue weighted by Crippen LogP contribution is 2.14. The number of esters is 1. The average molecular weight is 1460 g/mol. The molecule has 0 saturated heterocycles. The van der Waals surface area contributed by atoms with E-state index in [9.17, 15) is 81.5 Å². The monoisotopic (exact) mass is 1460 g/mol. The molecule has 0 fully saturated rings. The van der Waals surface area contributed by atoms with Crippen LogP contribution in [0, 0.1) is 0 Å². The highest BCUT2D eigenvalue weighted by Gasteiger charge is 2.34. The molecular weight excluding hydrogens is 1350 g/mol. The van der Waals surface area contributed by atoms with Gasteiger partial charge in [0.15, 0.2) is 0 Å². The molecule has 0 heterocycles. The summed E-state index contributed by atoms with van der Waals surface area (Å²) in [7, 11) is 0. The number of nitrogens with two attached hydrogens (primary N) is 5. The van der Waals surface area contributed by atoms with Crippen LogP contribution in [0.25, 0.3) is 0 Å². The first kappa shape index (κ1) is 91.1. The summed E-state index contributed by atoms with van der Waals surface area (Å²) in [4.78, 5) is 221. The second kappa shape index (κ2) is 46.5. The number of benzene rings is 1. The maximum Gasteiger partial charge on any atom is 0.308 e. The van der Waals surface area contributed by atoms with Crippen molar-refractivity contribution in [3.05, 3.63) is 29.8 Å². The fourth-order valence-corrected chi connectivity index (χ4v) is 9.14. The van der Waals surface area contributed by atoms with Gasteiger partial charge in [-0.05, 0) is 185 Å². The zero-order valence-electron chi connectivity index (χ0n) is 61.0. The molecule has 0 aliphatic heterocycles. The van der Waals surface area contributed by atoms with Gasteiger partial charge < -0.3 is 113 Å². The Balaban J connectivity index is 2.83. The van der Waals surface area contributed by atoms with Gasteiger partial charge in [-0.15, -0.1) is 0 Å². The second-order valence-corrected chi connectivity index (χ2v) is 25.3. The Kier molecular flexibility index (Phi) is 41.1. The van der Waals surface area contributed by atoms with E-state index < -0.39 is 197 Å². The lowest BCUT2D eigenvalue weighted by Gasteiger charge is -2.25. The summed E-state index contributed by atoms with van der Waals surface area (Å²) in [6, 6.07) is -13.3. The lowest BCUT2D eigenvalue weighted by molar-refractivity contribution is -0.135. The van der Waals surface area contributed by atoms with Crippen LogP contribution in [0.3, 0.4) is 0 Å². The van der Waals surface area contributed by atoms with E-state index >= 15 is 0 Å². The van der Waals surface area contributed by atoms with Crippen molar-refractivity contribution in [2.75, 3.05) is 19.6 Å². The summed E-state index contributed by atoms with van der Waals surface area (Å²) in [5, 5.41) is 37.0. The summed E-state index contributed by atoms with van der Waals surface area (Å²) >= 11 is 0. The minimum Gasteiger partial charge on any atom is -0.427 e. The molecule has 1 aromatic carbocycles. The summed E-state index contributed by atoms with van der Waals surface area (Å²) in [5.41, 5.74) is 28.9. The van der Waals surface area contributed by atoms with Crippen molar-refractivity contribution in [1.29, 1.82) is 0 Å². The number of nitrogens with one attached hydrogen (secondary N) is 15. The van der Waals surface area contributed by atoms with Crippen molar-refractivity contribution < 1.29 is 86.2 Å². The molecule has 16 amide bonds. The van der Waals surface area contributed by atoms with E-state index in [2.05, 4.69) is 79.8 Å². The fraction of sp³-hybridized carbons (Fsp3) is 0.646. The van der Waals surface area contributed by atoms with Gasteiger partial charge in [0.05, 0.1) is 6.04 Å². The zero-order chi connectivity index (χ0) is 78.5. The van der Waals surface area contributed by atoms with E-state index in [-0.39, 0.29) is 38.8 Å². The van der Waals surface area contributed by atoms with Crippen LogP contribution >= 0.6 is 0 Å². The van der Waals surface area contributed by atoms with E-state index in [1.165, 1.54) is 102 Å². The third-order valence-electron chi connectivity index (χ3n) is 15.8. The summed E-state index contributed by atoms with van der Waals surface area (Å²) < 4.78 is 5.00. The van der Waals surface area contributed by atoms with Gasteiger partial charge >= 0.3 is 5.97 Å². The zero-order valence-corrected chi connectivity index (χ0v) is 61.0. The molecular formula is C65H110N20O18. The molecule has 578 valence electrons. The van der Waals surface area contributed by atoms with Gasteiger partial charge in [0.1, 0.15) is 96.4 Å². The number of primary amides is 1. The number of hydrogen-bond acceptors (Lipinski definition) is 22. The fourth-order valence-electron chi connectivity index (χ4n) is 9.14. The van der Waals surface area contributed by atoms with E-state index in [0.717, 1.165) is 0 Å². The molecule has 0 radical (unpaired) electrons. The number of carbonyl (C=O) groups excluding carboxylic acids is 17. The molecule has 0 aromatic heterocycles. The van der Waals surface area contributed by atoms with Gasteiger partial charge in [0.25, 0.3) is 0 Å². The number of hydrogen-bond donors (Lipinski definition) is 20. The van der Waals surface area contributed by atoms with E-state index in [1.54, 1.807) is 12.1 Å². The summed E-state index contributed by atoms with van der Waals surface area (Å²) in [6.45, 7) is 17.9. The Morgan fingerprint density at radius 1 is 0.301 bits per heavy atom. The lowest BCUT2D eigenvalue weighted by atomic mass is 10.1. The standard InChI is InChI=1S/C65H110N20O18/c1-31(50(70)87)71-63(100)47(20-14-17-27-66)83-59(96)40(10)77-53(90)34(4)72-51(88)32(2)75-57(94)38(8)81-64(101)48(21-15-18-28-67)84-60(97)41(11)78-54(91)35(5)73-52(89)33(3)76-58(95)39(9)82-65(102)49(22-16-19-29-68)85-61(98)42(12)79-55(92)36(6)74-56(93)37(7)80-62(99)46(69)30-44-23-25-45(26-24-44)103-43(13)86/h23-26,31-42,46-49H,14-22,27-30,66-69H2,1-13H3,(H2,70,87)(H,71,100)(H,72,88)(H,73,89)(H,74,93)(H,75,94)(H,76,95)(H,77,90)(H,78,91)(H,79,92)(H,80,99)(H,81,101)(H,82,102)(H,83,96)(H,84,97)(H,85,98)/t31-,32-,33-,34-,35-,36-,37-,38-,39-,40-,41-,42-,46-,47-,48-,49-/m0/s1. The number of amides is 16. The normalized spacial score (nSPS) is 15.6. The number of unbranched alkanes of at least 4 members (excludes halogenated alkanes) is 3. The smallest absolute Gasteiger partial charge is 0.308 e. The van der Waals surface area contributed by atoms with Gasteiger partial charge in [-0.2, -0.15) is 0 Å². The number of rotatable bonds is 46. The van der Waals surface area contributed by atoms with Crippen molar-refractivity contribution in [3.63, 3.8) is 0 Å². The first-order chi connectivity index (χ1) is 48.2. The minimum atomic E-state index is -1.32. The molecule has 0 spiro atoms. The SMILES string of the molecule is CC(=O)Oc1ccc(C[C@H](N)C(=O)N[C@@H](C)C(=O)N[C@@H](C)C(=O)N[C@@H](C)C(=O)N[C@@H](CCCCN)C(=O)N[C@@H](C)C(=O)N[C@@H](C)C(=O)N[C@@H](C)C(=O)N[C@@H](C)C(=O)N[C@@H](CCCCN)C(=O)N[C@@H](C)C(=O)N[C@@H](C)C(=O)N[C@@H](C)C(=O)N[C@@H](C)C(=O)N[C@@H](CCCCN)C(=O)N[C@@H](C)C(N)=O)cc1. The van der Waals surface area contributed by atoms with Gasteiger partial charge in [-0.1, -0.05) is 12.1 Å². The summed E-state index contributed by atoms with van der Waals surface area (Å²) in [6.07, 6.45) is 2.90. The minimum absolute atomic E-state index is 0.0335. The Bertz CT molecular complexity index is 3110. The quantitative estimate of drug-likeness (QED) is 0.0164. The third-order valence-corrected chi connectivity index (χ3v) is 15.8. The lowest BCUT2D eigenvalue weighted by Crippen LogP contribution is -2.59. The predicted molar refractivity (Wildman–Crippen MR) is 374 cm³/mol. The highest BCUT2D eigenvalue weighted by atomic mass is 16.5. The molecule has 0 aliphatic carbocycles. The molecule has 0 aliphatic rings. The van der Waals surface area contributed by atoms with Crippen LogP contribution in [0.4, 0.5) is 0 Å². The molecule has 16 atom stereocenters. The largest absolute Gasteiger partial charge is 0.427 e. The Morgan fingerprint density at radius 2 is 0.505 bits per heavy atom. The van der Waals surface area contributed by atoms with Gasteiger partial charge in [0.2, 0.25) is 94.5 Å². The van der Waals surface area contributed by atoms with Gasteiger partial charge in [-0.25, -0.2) is 0 Å². The first-order valence-electron chi connectivity index (χ1n) is 34.2. The van der Waals surface area contributed by atoms with Crippen LogP contribution in [-0.2, 0) is 87.9 Å². The molecule has 1 aromatic rings. The molecule has 38 nitrogen and oxygen atoms in total. The third kappa shape index (κ3) is 34.5. The number of ether oxygens (including phenoxy) is 1. The Hall–Kier alpha value is -9.95. The van der Waals surface area contributed by atoms with Crippen LogP contribution in [0.2, 0.25) is 0 Å². The number of carbonyl (C=O) groups is 17. The molecule has 1 rings (SSSR count). The Labute approximate surface area is 599 Å². The molecule has 0 unspecified atom stereocenters. The molecule has 38 heteroatoms. The van der Waals surface area contributed by atoms with Crippen molar-refractivity contribution in [3.8, 4) is 5.75 Å². The van der Waals surface area contributed by atoms with E-state index in [0.29, 0.717) is 56.4 Å². The van der Waals surface area contributed by atoms with Crippen LogP contribution in [0.5, 0.6) is 5.75 Å². The van der Waals surface area contributed by atoms with Crippen molar-refractivity contribution in [1.82, 2.24) is 79.8 Å². The van der Waals surface area contributed by atoms with E-state index in [1.807, 2.05) is 0 Å². The summed E-state index contributed by atoms with van der Waals surface area (Å²) in [5.74, 6) is -13.0. The van der Waals surface area contributed by atoms with Crippen LogP contribution in [0.15, 0.2) is 24.3 Å². The molecule has 25 N–H and O–H groups in total.